The van der Waals surface area contributed by atoms with Crippen LogP contribution in [-0.4, -0.2) is 21.6 Å². The highest BCUT2D eigenvalue weighted by Crippen LogP contribution is 2.31. The third kappa shape index (κ3) is 5.22. The summed E-state index contributed by atoms with van der Waals surface area (Å²) in [6.45, 7) is 6.34. The highest BCUT2D eigenvalue weighted by atomic mass is 19.4. The van der Waals surface area contributed by atoms with Crippen molar-refractivity contribution < 1.29 is 17.9 Å². The molecule has 0 aliphatic rings. The van der Waals surface area contributed by atoms with Crippen LogP contribution in [0.2, 0.25) is 0 Å². The molecule has 0 spiro atoms. The van der Waals surface area contributed by atoms with Crippen LogP contribution in [0.4, 0.5) is 24.8 Å². The van der Waals surface area contributed by atoms with Crippen LogP contribution in [0.15, 0.2) is 48.5 Å². The molecule has 0 radical (unpaired) electrons. The molecule has 3 rings (SSSR count). The first kappa shape index (κ1) is 20.6. The summed E-state index contributed by atoms with van der Waals surface area (Å²) in [7, 11) is 0. The summed E-state index contributed by atoms with van der Waals surface area (Å²) in [5.41, 5.74) is 1.39. The second-order valence-electron chi connectivity index (χ2n) is 6.68. The van der Waals surface area contributed by atoms with Crippen LogP contribution in [0.1, 0.15) is 37.8 Å². The van der Waals surface area contributed by atoms with Gasteiger partial charge in [0.2, 0.25) is 5.95 Å². The minimum absolute atomic E-state index is 0.0971. The lowest BCUT2D eigenvalue weighted by atomic mass is 10.0. The van der Waals surface area contributed by atoms with E-state index >= 15 is 0 Å². The molecule has 5 nitrogen and oxygen atoms in total. The van der Waals surface area contributed by atoms with Gasteiger partial charge in [-0.1, -0.05) is 44.2 Å². The van der Waals surface area contributed by atoms with Crippen molar-refractivity contribution in [2.24, 2.45) is 0 Å². The maximum Gasteiger partial charge on any atom is 0.416 e. The second kappa shape index (κ2) is 8.46. The van der Waals surface area contributed by atoms with Gasteiger partial charge in [-0.3, -0.25) is 0 Å². The highest BCUT2D eigenvalue weighted by Gasteiger charge is 2.30. The minimum Gasteiger partial charge on any atom is -0.464 e. The molecule has 0 saturated heterocycles. The summed E-state index contributed by atoms with van der Waals surface area (Å²) in [5.74, 6) is 0.860. The molecule has 1 aromatic heterocycles. The fourth-order valence-corrected chi connectivity index (χ4v) is 2.65. The Morgan fingerprint density at radius 2 is 1.72 bits per heavy atom. The van der Waals surface area contributed by atoms with Crippen molar-refractivity contribution in [2.75, 3.05) is 11.9 Å². The number of nitrogens with one attached hydrogen (secondary N) is 1. The third-order valence-electron chi connectivity index (χ3n) is 4.17. The van der Waals surface area contributed by atoms with Crippen LogP contribution in [0.3, 0.4) is 0 Å². The van der Waals surface area contributed by atoms with Crippen LogP contribution >= 0.6 is 0 Å². The van der Waals surface area contributed by atoms with E-state index in [0.29, 0.717) is 18.3 Å². The van der Waals surface area contributed by atoms with Crippen LogP contribution in [0.25, 0.3) is 11.4 Å². The van der Waals surface area contributed by atoms with Crippen molar-refractivity contribution in [2.45, 2.75) is 32.9 Å². The number of aromatic nitrogens is 3. The lowest BCUT2D eigenvalue weighted by Crippen LogP contribution is -2.07. The number of nitrogens with zero attached hydrogens (tertiary/aromatic N) is 3. The summed E-state index contributed by atoms with van der Waals surface area (Å²) < 4.78 is 44.3. The molecule has 0 aliphatic heterocycles. The molecule has 152 valence electrons. The van der Waals surface area contributed by atoms with Crippen molar-refractivity contribution >= 4 is 11.6 Å². The Hall–Kier alpha value is -3.16. The number of ether oxygens (including phenoxy) is 1. The van der Waals surface area contributed by atoms with E-state index in [4.69, 9.17) is 4.74 Å². The van der Waals surface area contributed by atoms with E-state index in [9.17, 15) is 13.2 Å². The number of alkyl halides is 3. The quantitative estimate of drug-likeness (QED) is 0.563. The summed E-state index contributed by atoms with van der Waals surface area (Å²) in [6.07, 6.45) is -4.43. The van der Waals surface area contributed by atoms with Gasteiger partial charge < -0.3 is 10.1 Å². The molecular formula is C21H21F3N4O. The lowest BCUT2D eigenvalue weighted by molar-refractivity contribution is -0.137. The van der Waals surface area contributed by atoms with Gasteiger partial charge in [-0.05, 0) is 36.6 Å². The second-order valence-corrected chi connectivity index (χ2v) is 6.68. The summed E-state index contributed by atoms with van der Waals surface area (Å²) >= 11 is 0. The van der Waals surface area contributed by atoms with Gasteiger partial charge in [0, 0.05) is 11.3 Å². The Bertz CT molecular complexity index is 972. The first-order chi connectivity index (χ1) is 13.8. The van der Waals surface area contributed by atoms with Crippen LogP contribution < -0.4 is 10.1 Å². The Morgan fingerprint density at radius 1 is 1.00 bits per heavy atom. The molecule has 0 bridgehead atoms. The number of benzene rings is 2. The van der Waals surface area contributed by atoms with Crippen molar-refractivity contribution in [1.82, 2.24) is 15.0 Å². The Morgan fingerprint density at radius 3 is 2.34 bits per heavy atom. The summed E-state index contributed by atoms with van der Waals surface area (Å²) in [5, 5.41) is 2.81. The predicted octanol–water partition coefficient (Wildman–Crippen LogP) is 5.82. The lowest BCUT2D eigenvalue weighted by Gasteiger charge is -2.12. The van der Waals surface area contributed by atoms with Crippen LogP contribution in [0, 0.1) is 0 Å². The average Bonchev–Trinajstić information content (AvgIpc) is 2.68. The molecule has 8 heteroatoms. The SMILES string of the molecule is CCOc1nc(Nc2cccc(C(F)(F)F)c2)nc(-c2ccc(C(C)C)cc2)n1. The standard InChI is InChI=1S/C21H21F3N4O/c1-4-29-20-27-18(15-10-8-14(9-11-15)13(2)3)26-19(28-20)25-17-7-5-6-16(12-17)21(22,23)24/h5-13H,4H2,1-3H3,(H,25,26,27,28). The summed E-state index contributed by atoms with van der Waals surface area (Å²) in [4.78, 5) is 12.8. The predicted molar refractivity (Wildman–Crippen MR) is 105 cm³/mol. The zero-order valence-electron chi connectivity index (χ0n) is 16.3. The van der Waals surface area contributed by atoms with Crippen molar-refractivity contribution in [3.05, 3.63) is 59.7 Å². The number of halogens is 3. The molecule has 1 N–H and O–H groups in total. The highest BCUT2D eigenvalue weighted by molar-refractivity contribution is 5.60. The van der Waals surface area contributed by atoms with Gasteiger partial charge in [-0.25, -0.2) is 0 Å². The maximum absolute atomic E-state index is 13.0. The minimum atomic E-state index is -4.43. The average molecular weight is 402 g/mol. The van der Waals surface area contributed by atoms with Gasteiger partial charge >= 0.3 is 12.2 Å². The first-order valence-corrected chi connectivity index (χ1v) is 9.19. The number of rotatable bonds is 6. The number of hydrogen-bond acceptors (Lipinski definition) is 5. The van der Waals surface area contributed by atoms with Gasteiger partial charge in [-0.15, -0.1) is 0 Å². The number of hydrogen-bond donors (Lipinski definition) is 1. The van der Waals surface area contributed by atoms with E-state index in [0.717, 1.165) is 17.7 Å². The van der Waals surface area contributed by atoms with Crippen molar-refractivity contribution in [3.63, 3.8) is 0 Å². The molecule has 0 amide bonds. The molecule has 0 atom stereocenters. The van der Waals surface area contributed by atoms with E-state index in [-0.39, 0.29) is 17.6 Å². The molecule has 3 aromatic rings. The van der Waals surface area contributed by atoms with E-state index < -0.39 is 11.7 Å². The van der Waals surface area contributed by atoms with E-state index in [1.807, 2.05) is 24.3 Å². The van der Waals surface area contributed by atoms with Crippen molar-refractivity contribution in [3.8, 4) is 17.4 Å². The fourth-order valence-electron chi connectivity index (χ4n) is 2.65. The zero-order valence-corrected chi connectivity index (χ0v) is 16.3. The largest absolute Gasteiger partial charge is 0.464 e. The van der Waals surface area contributed by atoms with Crippen LogP contribution in [0.5, 0.6) is 6.01 Å². The topological polar surface area (TPSA) is 59.9 Å². The molecule has 0 fully saturated rings. The van der Waals surface area contributed by atoms with Gasteiger partial charge in [0.1, 0.15) is 0 Å². The van der Waals surface area contributed by atoms with E-state index in [1.54, 1.807) is 6.92 Å². The van der Waals surface area contributed by atoms with Gasteiger partial charge in [0.05, 0.1) is 12.2 Å². The Labute approximate surface area is 167 Å². The normalized spacial score (nSPS) is 11.6. The molecular weight excluding hydrogens is 381 g/mol. The Balaban J connectivity index is 1.95. The fraction of sp³-hybridized carbons (Fsp3) is 0.286. The summed E-state index contributed by atoms with van der Waals surface area (Å²) in [6, 6.07) is 12.7. The van der Waals surface area contributed by atoms with Gasteiger partial charge in [-0.2, -0.15) is 28.1 Å². The maximum atomic E-state index is 13.0. The van der Waals surface area contributed by atoms with E-state index in [2.05, 4.69) is 34.1 Å². The van der Waals surface area contributed by atoms with Gasteiger partial charge in [0.15, 0.2) is 5.82 Å². The molecule has 1 heterocycles. The smallest absolute Gasteiger partial charge is 0.416 e. The third-order valence-corrected chi connectivity index (χ3v) is 4.17. The van der Waals surface area contributed by atoms with Crippen molar-refractivity contribution in [1.29, 1.82) is 0 Å². The Kier molecular flexibility index (Phi) is 6.00. The zero-order chi connectivity index (χ0) is 21.0. The number of anilines is 2. The first-order valence-electron chi connectivity index (χ1n) is 9.19. The molecule has 0 saturated carbocycles. The monoisotopic (exact) mass is 402 g/mol. The molecule has 2 aromatic carbocycles. The molecule has 0 aliphatic carbocycles. The van der Waals surface area contributed by atoms with Gasteiger partial charge in [0.25, 0.3) is 0 Å². The molecule has 0 unspecified atom stereocenters. The molecule has 29 heavy (non-hydrogen) atoms. The van der Waals surface area contributed by atoms with Crippen LogP contribution in [-0.2, 0) is 6.18 Å². The van der Waals surface area contributed by atoms with E-state index in [1.165, 1.54) is 17.7 Å².